The number of nitrogens with zero attached hydrogens (tertiary/aromatic N) is 2. The maximum absolute atomic E-state index is 13.0. The van der Waals surface area contributed by atoms with Crippen LogP contribution in [0.15, 0.2) is 16.0 Å². The van der Waals surface area contributed by atoms with Crippen molar-refractivity contribution in [1.82, 2.24) is 9.55 Å². The van der Waals surface area contributed by atoms with Gasteiger partial charge in [0.1, 0.15) is 4.83 Å². The van der Waals surface area contributed by atoms with Gasteiger partial charge in [0.2, 0.25) is 0 Å². The van der Waals surface area contributed by atoms with E-state index in [-0.39, 0.29) is 17.1 Å². The minimum absolute atomic E-state index is 0.0589. The molecule has 144 valence electrons. The van der Waals surface area contributed by atoms with Crippen LogP contribution in [0.25, 0.3) is 10.2 Å². The third kappa shape index (κ3) is 4.03. The smallest absolute Gasteiger partial charge is 0.263 e. The molecule has 0 N–H and O–H groups in total. The predicted molar refractivity (Wildman–Crippen MR) is 114 cm³/mol. The molecule has 0 spiro atoms. The number of fused-ring (bicyclic) bond motifs is 1. The number of hydrogen-bond donors (Lipinski definition) is 0. The molecule has 0 saturated carbocycles. The Morgan fingerprint density at radius 2 is 1.96 bits per heavy atom. The molecule has 5 nitrogen and oxygen atoms in total. The molecule has 0 fully saturated rings. The average molecular weight is 423 g/mol. The Morgan fingerprint density at radius 1 is 1.22 bits per heavy atom. The number of carbonyl (C=O) groups excluding carboxylic acids is 1. The van der Waals surface area contributed by atoms with Gasteiger partial charge in [0.15, 0.2) is 10.9 Å². The summed E-state index contributed by atoms with van der Waals surface area (Å²) in [4.78, 5) is 34.4. The maximum atomic E-state index is 13.0. The minimum Gasteiger partial charge on any atom is -0.383 e. The van der Waals surface area contributed by atoms with E-state index in [0.717, 1.165) is 30.6 Å². The van der Waals surface area contributed by atoms with Crippen LogP contribution in [0.1, 0.15) is 30.6 Å². The van der Waals surface area contributed by atoms with Crippen molar-refractivity contribution in [3.05, 3.63) is 42.2 Å². The molecular weight excluding hydrogens is 400 g/mol. The van der Waals surface area contributed by atoms with E-state index in [1.165, 1.54) is 23.1 Å². The van der Waals surface area contributed by atoms with Crippen molar-refractivity contribution in [3.63, 3.8) is 0 Å². The first-order valence-corrected chi connectivity index (χ1v) is 11.2. The monoisotopic (exact) mass is 422 g/mol. The van der Waals surface area contributed by atoms with Crippen LogP contribution in [0.3, 0.4) is 0 Å². The molecule has 3 aromatic heterocycles. The lowest BCUT2D eigenvalue weighted by Gasteiger charge is -2.11. The van der Waals surface area contributed by atoms with E-state index in [4.69, 9.17) is 9.72 Å². The summed E-state index contributed by atoms with van der Waals surface area (Å²) in [6.45, 7) is 8.75. The molecule has 3 heterocycles. The standard InChI is InChI=1S/C19H22N2O3S3/c1-10-8-14(13(4)26-10)15(22)9-25-19-20-17-16(11(2)12(3)27-17)18(23)21(19)6-7-24-5/h8H,6-7,9H2,1-5H3. The van der Waals surface area contributed by atoms with Crippen LogP contribution in [0.2, 0.25) is 0 Å². The quantitative estimate of drug-likeness (QED) is 0.321. The van der Waals surface area contributed by atoms with Crippen LogP contribution in [0, 0.1) is 27.7 Å². The SMILES string of the molecule is COCCn1c(SCC(=O)c2cc(C)sc2C)nc2sc(C)c(C)c2c1=O. The van der Waals surface area contributed by atoms with Gasteiger partial charge < -0.3 is 4.74 Å². The van der Waals surface area contributed by atoms with Crippen molar-refractivity contribution in [2.45, 2.75) is 39.4 Å². The lowest BCUT2D eigenvalue weighted by atomic mass is 10.2. The number of ketones is 1. The van der Waals surface area contributed by atoms with E-state index >= 15 is 0 Å². The van der Waals surface area contributed by atoms with Crippen LogP contribution in [-0.2, 0) is 11.3 Å². The molecule has 0 amide bonds. The average Bonchev–Trinajstić information content (AvgIpc) is 3.10. The molecule has 0 aliphatic carbocycles. The Labute approximate surface area is 170 Å². The van der Waals surface area contributed by atoms with Gasteiger partial charge in [0.05, 0.1) is 24.3 Å². The Hall–Kier alpha value is -1.48. The second-order valence-electron chi connectivity index (χ2n) is 6.35. The van der Waals surface area contributed by atoms with Crippen molar-refractivity contribution in [1.29, 1.82) is 0 Å². The lowest BCUT2D eigenvalue weighted by Crippen LogP contribution is -2.25. The third-order valence-corrected chi connectivity index (χ3v) is 7.49. The summed E-state index contributed by atoms with van der Waals surface area (Å²) >= 11 is 4.47. The molecular formula is C19H22N2O3S3. The Morgan fingerprint density at radius 3 is 2.59 bits per heavy atom. The Bertz CT molecular complexity index is 1060. The van der Waals surface area contributed by atoms with E-state index in [1.807, 2.05) is 33.8 Å². The van der Waals surface area contributed by atoms with E-state index in [2.05, 4.69) is 0 Å². The number of ether oxygens (including phenoxy) is 1. The number of hydrogen-bond acceptors (Lipinski definition) is 7. The van der Waals surface area contributed by atoms with Crippen LogP contribution in [0.5, 0.6) is 0 Å². The van der Waals surface area contributed by atoms with Crippen molar-refractivity contribution >= 4 is 50.4 Å². The zero-order valence-electron chi connectivity index (χ0n) is 16.0. The number of thioether (sulfide) groups is 1. The number of carbonyl (C=O) groups is 1. The highest BCUT2D eigenvalue weighted by Crippen LogP contribution is 2.29. The van der Waals surface area contributed by atoms with E-state index in [1.54, 1.807) is 23.0 Å². The minimum atomic E-state index is -0.0589. The highest BCUT2D eigenvalue weighted by atomic mass is 32.2. The summed E-state index contributed by atoms with van der Waals surface area (Å²) in [6, 6.07) is 1.93. The zero-order valence-corrected chi connectivity index (χ0v) is 18.5. The summed E-state index contributed by atoms with van der Waals surface area (Å²) in [5, 5.41) is 1.25. The summed E-state index contributed by atoms with van der Waals surface area (Å²) in [6.07, 6.45) is 0. The van der Waals surface area contributed by atoms with Crippen LogP contribution >= 0.6 is 34.4 Å². The number of aromatic nitrogens is 2. The molecule has 27 heavy (non-hydrogen) atoms. The van der Waals surface area contributed by atoms with E-state index < -0.39 is 0 Å². The van der Waals surface area contributed by atoms with Gasteiger partial charge in [0, 0.05) is 27.3 Å². The fourth-order valence-electron chi connectivity index (χ4n) is 2.91. The maximum Gasteiger partial charge on any atom is 0.263 e. The molecule has 0 aliphatic heterocycles. The van der Waals surface area contributed by atoms with Crippen LogP contribution in [-0.4, -0.2) is 34.8 Å². The van der Waals surface area contributed by atoms with Crippen molar-refractivity contribution in [2.24, 2.45) is 0 Å². The molecule has 0 radical (unpaired) electrons. The first-order chi connectivity index (χ1) is 12.8. The third-order valence-electron chi connectivity index (χ3n) is 4.45. The predicted octanol–water partition coefficient (Wildman–Crippen LogP) is 4.37. The van der Waals surface area contributed by atoms with Gasteiger partial charge in [-0.05, 0) is 39.3 Å². The molecule has 0 aliphatic rings. The number of rotatable bonds is 7. The van der Waals surface area contributed by atoms with Gasteiger partial charge in [-0.25, -0.2) is 4.98 Å². The van der Waals surface area contributed by atoms with Crippen molar-refractivity contribution in [2.75, 3.05) is 19.5 Å². The first kappa shape index (κ1) is 20.3. The summed E-state index contributed by atoms with van der Waals surface area (Å²) < 4.78 is 6.79. The van der Waals surface area contributed by atoms with Gasteiger partial charge in [0.25, 0.3) is 5.56 Å². The normalized spacial score (nSPS) is 11.4. The van der Waals surface area contributed by atoms with Gasteiger partial charge in [-0.3, -0.25) is 14.2 Å². The molecule has 0 saturated heterocycles. The number of Topliss-reactive ketones (excluding diaryl/α,β-unsaturated/α-hetero) is 1. The van der Waals surface area contributed by atoms with Crippen LogP contribution < -0.4 is 5.56 Å². The number of methoxy groups -OCH3 is 1. The van der Waals surface area contributed by atoms with Gasteiger partial charge >= 0.3 is 0 Å². The highest BCUT2D eigenvalue weighted by molar-refractivity contribution is 7.99. The molecule has 3 rings (SSSR count). The molecule has 3 aromatic rings. The zero-order chi connectivity index (χ0) is 19.7. The second kappa shape index (κ2) is 8.26. The van der Waals surface area contributed by atoms with Crippen molar-refractivity contribution in [3.8, 4) is 0 Å². The van der Waals surface area contributed by atoms with Gasteiger partial charge in [-0.2, -0.15) is 0 Å². The first-order valence-electron chi connectivity index (χ1n) is 8.56. The fraction of sp³-hybridized carbons (Fsp3) is 0.421. The number of thiophene rings is 2. The van der Waals surface area contributed by atoms with Crippen LogP contribution in [0.4, 0.5) is 0 Å². The Kier molecular flexibility index (Phi) is 6.20. The Balaban J connectivity index is 1.95. The summed E-state index contributed by atoms with van der Waals surface area (Å²) in [7, 11) is 1.61. The van der Waals surface area contributed by atoms with Gasteiger partial charge in [-0.1, -0.05) is 11.8 Å². The molecule has 0 unspecified atom stereocenters. The van der Waals surface area contributed by atoms with E-state index in [9.17, 15) is 9.59 Å². The molecule has 8 heteroatoms. The highest BCUT2D eigenvalue weighted by Gasteiger charge is 2.19. The van der Waals surface area contributed by atoms with Crippen molar-refractivity contribution < 1.29 is 9.53 Å². The lowest BCUT2D eigenvalue weighted by molar-refractivity contribution is 0.102. The molecule has 0 bridgehead atoms. The van der Waals surface area contributed by atoms with Gasteiger partial charge in [-0.15, -0.1) is 22.7 Å². The summed E-state index contributed by atoms with van der Waals surface area (Å²) in [5.74, 6) is 0.318. The molecule has 0 aromatic carbocycles. The topological polar surface area (TPSA) is 61.2 Å². The second-order valence-corrected chi connectivity index (χ2v) is 9.95. The fourth-order valence-corrected chi connectivity index (χ4v) is 5.84. The number of aryl methyl sites for hydroxylation is 4. The van der Waals surface area contributed by atoms with E-state index in [0.29, 0.717) is 23.7 Å². The largest absolute Gasteiger partial charge is 0.383 e. The molecule has 0 atom stereocenters. The summed E-state index contributed by atoms with van der Waals surface area (Å²) in [5.41, 5.74) is 1.69.